The van der Waals surface area contributed by atoms with E-state index in [2.05, 4.69) is 4.72 Å². The zero-order valence-electron chi connectivity index (χ0n) is 11.2. The average molecular weight is 307 g/mol. The highest BCUT2D eigenvalue weighted by Gasteiger charge is 2.19. The Balaban J connectivity index is 2.86. The molecule has 0 bridgehead atoms. The standard InChI is InChI=1S/C12H18FNO3S2/c1-9-7-11(13)8-10(2)12(9)19(16,17)14-5-4-6-18(3)15/h7-8,14H,4-6H2,1-3H3. The smallest absolute Gasteiger partial charge is 0.241 e. The van der Waals surface area contributed by atoms with Gasteiger partial charge in [-0.15, -0.1) is 0 Å². The molecule has 0 heterocycles. The third-order valence-electron chi connectivity index (χ3n) is 2.59. The van der Waals surface area contributed by atoms with Gasteiger partial charge in [0, 0.05) is 29.4 Å². The van der Waals surface area contributed by atoms with Gasteiger partial charge < -0.3 is 0 Å². The van der Waals surface area contributed by atoms with Gasteiger partial charge in [0.25, 0.3) is 0 Å². The first-order valence-electron chi connectivity index (χ1n) is 5.80. The van der Waals surface area contributed by atoms with E-state index in [1.54, 1.807) is 20.1 Å². The highest BCUT2D eigenvalue weighted by atomic mass is 32.2. The fourth-order valence-corrected chi connectivity index (χ4v) is 3.95. The summed E-state index contributed by atoms with van der Waals surface area (Å²) in [5, 5.41) is 0. The molecule has 0 amide bonds. The first-order valence-corrected chi connectivity index (χ1v) is 9.01. The maximum atomic E-state index is 13.1. The minimum absolute atomic E-state index is 0.117. The van der Waals surface area contributed by atoms with Crippen LogP contribution in [-0.4, -0.2) is 31.2 Å². The second-order valence-electron chi connectivity index (χ2n) is 4.40. The first kappa shape index (κ1) is 16.3. The lowest BCUT2D eigenvalue weighted by Gasteiger charge is -2.12. The molecule has 0 aromatic heterocycles. The van der Waals surface area contributed by atoms with Crippen LogP contribution in [0.1, 0.15) is 17.5 Å². The maximum Gasteiger partial charge on any atom is 0.241 e. The van der Waals surface area contributed by atoms with Gasteiger partial charge in [0.15, 0.2) is 0 Å². The fourth-order valence-electron chi connectivity index (χ4n) is 1.88. The molecule has 108 valence electrons. The Bertz CT molecular complexity index is 562. The van der Waals surface area contributed by atoms with Crippen LogP contribution in [0.2, 0.25) is 0 Å². The Hall–Kier alpha value is -0.790. The van der Waals surface area contributed by atoms with Crippen LogP contribution in [0.4, 0.5) is 4.39 Å². The lowest BCUT2D eigenvalue weighted by Crippen LogP contribution is -2.27. The van der Waals surface area contributed by atoms with Gasteiger partial charge in [-0.3, -0.25) is 4.21 Å². The van der Waals surface area contributed by atoms with Gasteiger partial charge in [0.05, 0.1) is 4.90 Å². The molecule has 0 aliphatic rings. The van der Waals surface area contributed by atoms with Crippen molar-refractivity contribution < 1.29 is 17.0 Å². The Labute approximate surface area is 115 Å². The summed E-state index contributed by atoms with van der Waals surface area (Å²) in [5.74, 6) is -0.000453. The number of nitrogens with one attached hydrogen (secondary N) is 1. The second kappa shape index (κ2) is 6.58. The monoisotopic (exact) mass is 307 g/mol. The number of rotatable bonds is 6. The lowest BCUT2D eigenvalue weighted by atomic mass is 10.1. The van der Waals surface area contributed by atoms with Crippen molar-refractivity contribution in [3.8, 4) is 0 Å². The Kier molecular flexibility index (Phi) is 5.64. The Morgan fingerprint density at radius 2 is 1.79 bits per heavy atom. The van der Waals surface area contributed by atoms with Crippen molar-refractivity contribution in [3.05, 3.63) is 29.1 Å². The molecule has 1 N–H and O–H groups in total. The molecule has 0 aliphatic carbocycles. The minimum atomic E-state index is -3.65. The zero-order chi connectivity index (χ0) is 14.6. The molecule has 1 atom stereocenters. The molecule has 7 heteroatoms. The molecule has 1 unspecified atom stereocenters. The van der Waals surface area contributed by atoms with Crippen molar-refractivity contribution in [2.75, 3.05) is 18.6 Å². The van der Waals surface area contributed by atoms with Gasteiger partial charge in [-0.2, -0.15) is 0 Å². The number of sulfonamides is 1. The van der Waals surface area contributed by atoms with Crippen LogP contribution in [0.3, 0.4) is 0 Å². The number of benzene rings is 1. The maximum absolute atomic E-state index is 13.1. The number of aryl methyl sites for hydroxylation is 2. The van der Waals surface area contributed by atoms with Crippen molar-refractivity contribution in [1.82, 2.24) is 4.72 Å². The predicted molar refractivity (Wildman–Crippen MR) is 74.6 cm³/mol. The number of hydrogen-bond acceptors (Lipinski definition) is 3. The summed E-state index contributed by atoms with van der Waals surface area (Å²) in [6, 6.07) is 2.39. The molecule has 0 fully saturated rings. The molecule has 0 saturated carbocycles. The fraction of sp³-hybridized carbons (Fsp3) is 0.500. The van der Waals surface area contributed by atoms with E-state index in [0.717, 1.165) is 0 Å². The first-order chi connectivity index (χ1) is 8.74. The summed E-state index contributed by atoms with van der Waals surface area (Å²) in [5.41, 5.74) is 0.758. The van der Waals surface area contributed by atoms with E-state index in [1.165, 1.54) is 12.1 Å². The van der Waals surface area contributed by atoms with Gasteiger partial charge >= 0.3 is 0 Å². The summed E-state index contributed by atoms with van der Waals surface area (Å²) >= 11 is 0. The molecule has 1 rings (SSSR count). The third-order valence-corrected chi connectivity index (χ3v) is 5.22. The second-order valence-corrected chi connectivity index (χ2v) is 7.66. The van der Waals surface area contributed by atoms with Crippen LogP contribution < -0.4 is 4.72 Å². The molecule has 1 aromatic rings. The summed E-state index contributed by atoms with van der Waals surface area (Å²) in [6.45, 7) is 3.34. The molecule has 0 radical (unpaired) electrons. The predicted octanol–water partition coefficient (Wildman–Crippen LogP) is 1.49. The molecule has 0 saturated heterocycles. The minimum Gasteiger partial charge on any atom is -0.260 e. The summed E-state index contributed by atoms with van der Waals surface area (Å²) < 4.78 is 50.7. The molecular weight excluding hydrogens is 289 g/mol. The topological polar surface area (TPSA) is 63.2 Å². The molecule has 0 spiro atoms. The highest BCUT2D eigenvalue weighted by Crippen LogP contribution is 2.21. The van der Waals surface area contributed by atoms with E-state index in [9.17, 15) is 17.0 Å². The molecular formula is C12H18FNO3S2. The third kappa shape index (κ3) is 4.67. The largest absolute Gasteiger partial charge is 0.260 e. The van der Waals surface area contributed by atoms with Gasteiger partial charge in [-0.1, -0.05) is 0 Å². The summed E-state index contributed by atoms with van der Waals surface area (Å²) in [6.07, 6.45) is 2.07. The lowest BCUT2D eigenvalue weighted by molar-refractivity contribution is 0.578. The van der Waals surface area contributed by atoms with Gasteiger partial charge in [-0.05, 0) is 43.5 Å². The Morgan fingerprint density at radius 1 is 1.26 bits per heavy atom. The van der Waals surface area contributed by atoms with E-state index >= 15 is 0 Å². The van der Waals surface area contributed by atoms with E-state index in [-0.39, 0.29) is 11.4 Å². The van der Waals surface area contributed by atoms with Gasteiger partial charge in [0.2, 0.25) is 10.0 Å². The van der Waals surface area contributed by atoms with Crippen molar-refractivity contribution in [2.45, 2.75) is 25.2 Å². The molecule has 19 heavy (non-hydrogen) atoms. The van der Waals surface area contributed by atoms with E-state index in [1.807, 2.05) is 0 Å². The van der Waals surface area contributed by atoms with Crippen molar-refractivity contribution in [2.24, 2.45) is 0 Å². The van der Waals surface area contributed by atoms with Crippen LogP contribution >= 0.6 is 0 Å². The van der Waals surface area contributed by atoms with Crippen molar-refractivity contribution in [3.63, 3.8) is 0 Å². The van der Waals surface area contributed by atoms with Crippen LogP contribution in [0.15, 0.2) is 17.0 Å². The summed E-state index contributed by atoms with van der Waals surface area (Å²) in [4.78, 5) is 0.117. The molecule has 0 aliphatic heterocycles. The van der Waals surface area contributed by atoms with Crippen LogP contribution in [0.5, 0.6) is 0 Å². The quantitative estimate of drug-likeness (QED) is 0.810. The Morgan fingerprint density at radius 3 is 2.26 bits per heavy atom. The van der Waals surface area contributed by atoms with Crippen molar-refractivity contribution in [1.29, 1.82) is 0 Å². The highest BCUT2D eigenvalue weighted by molar-refractivity contribution is 7.89. The van der Waals surface area contributed by atoms with Crippen LogP contribution in [-0.2, 0) is 20.8 Å². The normalized spacial score (nSPS) is 13.5. The average Bonchev–Trinajstić information content (AvgIpc) is 2.22. The van der Waals surface area contributed by atoms with Crippen LogP contribution in [0, 0.1) is 19.7 Å². The molecule has 1 aromatic carbocycles. The number of halogens is 1. The number of hydrogen-bond donors (Lipinski definition) is 1. The van der Waals surface area contributed by atoms with E-state index < -0.39 is 26.6 Å². The zero-order valence-corrected chi connectivity index (χ0v) is 12.8. The van der Waals surface area contributed by atoms with Crippen LogP contribution in [0.25, 0.3) is 0 Å². The van der Waals surface area contributed by atoms with Gasteiger partial charge in [0.1, 0.15) is 5.82 Å². The van der Waals surface area contributed by atoms with E-state index in [0.29, 0.717) is 23.3 Å². The summed E-state index contributed by atoms with van der Waals surface area (Å²) in [7, 11) is -4.59. The van der Waals surface area contributed by atoms with Crippen molar-refractivity contribution >= 4 is 20.8 Å². The molecule has 4 nitrogen and oxygen atoms in total. The SMILES string of the molecule is Cc1cc(F)cc(C)c1S(=O)(=O)NCCCS(C)=O. The van der Waals surface area contributed by atoms with E-state index in [4.69, 9.17) is 0 Å². The van der Waals surface area contributed by atoms with Gasteiger partial charge in [-0.25, -0.2) is 17.5 Å².